The Labute approximate surface area is 77.4 Å². The molecule has 0 aromatic heterocycles. The highest BCUT2D eigenvalue weighted by atomic mass is 35.5. The zero-order chi connectivity index (χ0) is 9.56. The van der Waals surface area contributed by atoms with Gasteiger partial charge in [0, 0.05) is 24.0 Å². The molecule has 0 saturated carbocycles. The second-order valence-electron chi connectivity index (χ2n) is 2.73. The van der Waals surface area contributed by atoms with E-state index in [0.717, 1.165) is 0 Å². The molecule has 0 aromatic carbocycles. The summed E-state index contributed by atoms with van der Waals surface area (Å²) in [4.78, 5) is 10.2. The molecule has 0 fully saturated rings. The first-order valence-corrected chi connectivity index (χ1v) is 4.18. The third kappa shape index (κ3) is 7.57. The van der Waals surface area contributed by atoms with Crippen LogP contribution < -0.4 is 5.32 Å². The van der Waals surface area contributed by atoms with E-state index in [1.165, 1.54) is 0 Å². The lowest BCUT2D eigenvalue weighted by molar-refractivity contribution is -0.137. The first kappa shape index (κ1) is 11.5. The molecule has 0 radical (unpaired) electrons. The molecule has 1 unspecified atom stereocenters. The van der Waals surface area contributed by atoms with Crippen LogP contribution in [0.4, 0.5) is 0 Å². The molecule has 0 amide bonds. The van der Waals surface area contributed by atoms with Crippen molar-refractivity contribution in [1.82, 2.24) is 5.32 Å². The topological polar surface area (TPSA) is 49.3 Å². The molecule has 4 heteroatoms. The van der Waals surface area contributed by atoms with Crippen molar-refractivity contribution in [2.24, 2.45) is 0 Å². The number of halogens is 1. The minimum Gasteiger partial charge on any atom is -0.481 e. The summed E-state index contributed by atoms with van der Waals surface area (Å²) in [6.45, 7) is 5.96. The maximum absolute atomic E-state index is 10.2. The van der Waals surface area contributed by atoms with Crippen molar-refractivity contribution < 1.29 is 9.90 Å². The van der Waals surface area contributed by atoms with E-state index in [4.69, 9.17) is 16.7 Å². The van der Waals surface area contributed by atoms with Crippen molar-refractivity contribution in [1.29, 1.82) is 0 Å². The fourth-order valence-corrected chi connectivity index (χ4v) is 0.804. The van der Waals surface area contributed by atoms with Crippen LogP contribution in [0.15, 0.2) is 11.6 Å². The summed E-state index contributed by atoms with van der Waals surface area (Å²) in [6, 6.07) is 0.164. The molecule has 0 bridgehead atoms. The van der Waals surface area contributed by atoms with Crippen LogP contribution in [0.25, 0.3) is 0 Å². The van der Waals surface area contributed by atoms with E-state index in [0.29, 0.717) is 18.0 Å². The fourth-order valence-electron chi connectivity index (χ4n) is 0.727. The molecule has 12 heavy (non-hydrogen) atoms. The van der Waals surface area contributed by atoms with Crippen molar-refractivity contribution in [2.45, 2.75) is 25.8 Å². The van der Waals surface area contributed by atoms with Crippen LogP contribution >= 0.6 is 11.6 Å². The summed E-state index contributed by atoms with van der Waals surface area (Å²) >= 11 is 5.51. The Morgan fingerprint density at radius 2 is 2.33 bits per heavy atom. The third-order valence-electron chi connectivity index (χ3n) is 1.43. The number of rotatable bonds is 6. The van der Waals surface area contributed by atoms with E-state index in [2.05, 4.69) is 11.9 Å². The summed E-state index contributed by atoms with van der Waals surface area (Å²) in [5.74, 6) is -0.770. The van der Waals surface area contributed by atoms with Crippen LogP contribution in [-0.4, -0.2) is 23.7 Å². The van der Waals surface area contributed by atoms with Crippen LogP contribution in [-0.2, 0) is 4.79 Å². The number of carboxylic acids is 1. The summed E-state index contributed by atoms with van der Waals surface area (Å²) in [5.41, 5.74) is 0. The van der Waals surface area contributed by atoms with Gasteiger partial charge in [0.05, 0.1) is 0 Å². The Kier molecular flexibility index (Phi) is 5.76. The van der Waals surface area contributed by atoms with Crippen LogP contribution in [0.2, 0.25) is 0 Å². The summed E-state index contributed by atoms with van der Waals surface area (Å²) in [5, 5.41) is 12.0. The Hall–Kier alpha value is -0.540. The van der Waals surface area contributed by atoms with Gasteiger partial charge < -0.3 is 10.4 Å². The number of hydrogen-bond acceptors (Lipinski definition) is 2. The van der Waals surface area contributed by atoms with Crippen molar-refractivity contribution >= 4 is 17.6 Å². The SMILES string of the molecule is C=C(Cl)CNC(C)CCC(=O)O. The molecule has 0 aliphatic rings. The van der Waals surface area contributed by atoms with E-state index in [1.54, 1.807) is 0 Å². The molecule has 0 rings (SSSR count). The Balaban J connectivity index is 3.39. The molecule has 2 N–H and O–H groups in total. The molecule has 0 aliphatic carbocycles. The highest BCUT2D eigenvalue weighted by molar-refractivity contribution is 6.29. The van der Waals surface area contributed by atoms with Gasteiger partial charge in [0.1, 0.15) is 0 Å². The number of carboxylic acid groups (broad SMARTS) is 1. The van der Waals surface area contributed by atoms with E-state index >= 15 is 0 Å². The average Bonchev–Trinajstić information content (AvgIpc) is 1.96. The second kappa shape index (κ2) is 6.03. The Bertz CT molecular complexity index is 152. The van der Waals surface area contributed by atoms with E-state index in [9.17, 15) is 4.79 Å². The monoisotopic (exact) mass is 191 g/mol. The molecule has 0 aromatic rings. The lowest BCUT2D eigenvalue weighted by Gasteiger charge is -2.11. The maximum atomic E-state index is 10.2. The van der Waals surface area contributed by atoms with Crippen molar-refractivity contribution in [3.63, 3.8) is 0 Å². The number of hydrogen-bond donors (Lipinski definition) is 2. The van der Waals surface area contributed by atoms with Crippen LogP contribution in [0.5, 0.6) is 0 Å². The molecular formula is C8H14ClNO2. The zero-order valence-electron chi connectivity index (χ0n) is 7.14. The molecule has 70 valence electrons. The molecular weight excluding hydrogens is 178 g/mol. The quantitative estimate of drug-likeness (QED) is 0.670. The predicted molar refractivity (Wildman–Crippen MR) is 49.3 cm³/mol. The van der Waals surface area contributed by atoms with Crippen LogP contribution in [0, 0.1) is 0 Å². The van der Waals surface area contributed by atoms with Crippen molar-refractivity contribution in [2.75, 3.05) is 6.54 Å². The third-order valence-corrected chi connectivity index (χ3v) is 1.57. The van der Waals surface area contributed by atoms with E-state index in [1.807, 2.05) is 6.92 Å². The standard InChI is InChI=1S/C8H14ClNO2/c1-6(9)5-10-7(2)3-4-8(11)12/h7,10H,1,3-5H2,2H3,(H,11,12). The summed E-state index contributed by atoms with van der Waals surface area (Å²) in [6.07, 6.45) is 0.794. The van der Waals surface area contributed by atoms with Gasteiger partial charge in [-0.25, -0.2) is 0 Å². The van der Waals surface area contributed by atoms with Crippen molar-refractivity contribution in [3.05, 3.63) is 11.6 Å². The van der Waals surface area contributed by atoms with Gasteiger partial charge in [-0.2, -0.15) is 0 Å². The largest absolute Gasteiger partial charge is 0.481 e. The highest BCUT2D eigenvalue weighted by Crippen LogP contribution is 1.99. The second-order valence-corrected chi connectivity index (χ2v) is 3.27. The van der Waals surface area contributed by atoms with Crippen LogP contribution in [0.1, 0.15) is 19.8 Å². The van der Waals surface area contributed by atoms with Gasteiger partial charge >= 0.3 is 5.97 Å². The van der Waals surface area contributed by atoms with Gasteiger partial charge in [-0.05, 0) is 13.3 Å². The van der Waals surface area contributed by atoms with Gasteiger partial charge in [-0.3, -0.25) is 4.79 Å². The molecule has 0 aliphatic heterocycles. The number of aliphatic carboxylic acids is 1. The number of nitrogens with one attached hydrogen (secondary N) is 1. The lowest BCUT2D eigenvalue weighted by Crippen LogP contribution is -2.27. The van der Waals surface area contributed by atoms with Gasteiger partial charge in [0.25, 0.3) is 0 Å². The smallest absolute Gasteiger partial charge is 0.303 e. The summed E-state index contributed by atoms with van der Waals surface area (Å²) in [7, 11) is 0. The normalized spacial score (nSPS) is 12.5. The van der Waals surface area contributed by atoms with Crippen LogP contribution in [0.3, 0.4) is 0 Å². The zero-order valence-corrected chi connectivity index (χ0v) is 7.90. The van der Waals surface area contributed by atoms with Gasteiger partial charge in [-0.1, -0.05) is 18.2 Å². The van der Waals surface area contributed by atoms with Gasteiger partial charge in [-0.15, -0.1) is 0 Å². The van der Waals surface area contributed by atoms with Gasteiger partial charge in [0.15, 0.2) is 0 Å². The molecule has 1 atom stereocenters. The van der Waals surface area contributed by atoms with Gasteiger partial charge in [0.2, 0.25) is 0 Å². The Morgan fingerprint density at radius 3 is 2.75 bits per heavy atom. The molecule has 0 heterocycles. The first-order chi connectivity index (χ1) is 5.52. The maximum Gasteiger partial charge on any atom is 0.303 e. The summed E-state index contributed by atoms with van der Waals surface area (Å²) < 4.78 is 0. The minimum absolute atomic E-state index is 0.164. The molecule has 0 saturated heterocycles. The lowest BCUT2D eigenvalue weighted by atomic mass is 10.2. The highest BCUT2D eigenvalue weighted by Gasteiger charge is 2.03. The van der Waals surface area contributed by atoms with E-state index < -0.39 is 5.97 Å². The average molecular weight is 192 g/mol. The van der Waals surface area contributed by atoms with Crippen molar-refractivity contribution in [3.8, 4) is 0 Å². The molecule has 3 nitrogen and oxygen atoms in total. The molecule has 0 spiro atoms. The predicted octanol–water partition coefficient (Wildman–Crippen LogP) is 1.58. The first-order valence-electron chi connectivity index (χ1n) is 3.81. The Morgan fingerprint density at radius 1 is 1.75 bits per heavy atom. The minimum atomic E-state index is -0.770. The van der Waals surface area contributed by atoms with E-state index in [-0.39, 0.29) is 12.5 Å². The number of carbonyl (C=O) groups is 1. The fraction of sp³-hybridized carbons (Fsp3) is 0.625.